The zero-order valence-corrected chi connectivity index (χ0v) is 9.96. The molecule has 0 aliphatic heterocycles. The Bertz CT molecular complexity index is 204. The standard InChI is InChI=1S/C8H15BrN2O2/c1-10(2)7(12)5-6(9)8(13)11(3)4/h6H,5H2,1-4H3. The molecule has 0 radical (unpaired) electrons. The summed E-state index contributed by atoms with van der Waals surface area (Å²) >= 11 is 3.17. The van der Waals surface area contributed by atoms with Crippen LogP contribution in [0.25, 0.3) is 0 Å². The van der Waals surface area contributed by atoms with Crippen LogP contribution in [0.3, 0.4) is 0 Å². The molecular formula is C8H15BrN2O2. The number of hydrogen-bond donors (Lipinski definition) is 0. The van der Waals surface area contributed by atoms with Crippen molar-refractivity contribution in [1.82, 2.24) is 9.80 Å². The Kier molecular flexibility index (Phi) is 4.98. The van der Waals surface area contributed by atoms with Crippen LogP contribution in [0.1, 0.15) is 6.42 Å². The lowest BCUT2D eigenvalue weighted by molar-refractivity contribution is -0.133. The van der Waals surface area contributed by atoms with Crippen LogP contribution in [0, 0.1) is 0 Å². The summed E-state index contributed by atoms with van der Waals surface area (Å²) in [5, 5.41) is 0. The third-order valence-electron chi connectivity index (χ3n) is 1.56. The van der Waals surface area contributed by atoms with Gasteiger partial charge < -0.3 is 9.80 Å². The van der Waals surface area contributed by atoms with Gasteiger partial charge in [-0.05, 0) is 0 Å². The summed E-state index contributed by atoms with van der Waals surface area (Å²) in [6.07, 6.45) is 0.198. The number of hydrogen-bond acceptors (Lipinski definition) is 2. The number of rotatable bonds is 3. The van der Waals surface area contributed by atoms with Crippen LogP contribution in [0.5, 0.6) is 0 Å². The van der Waals surface area contributed by atoms with Crippen molar-refractivity contribution in [3.8, 4) is 0 Å². The molecule has 0 heterocycles. The van der Waals surface area contributed by atoms with E-state index in [4.69, 9.17) is 0 Å². The molecule has 1 atom stereocenters. The number of nitrogens with zero attached hydrogens (tertiary/aromatic N) is 2. The zero-order valence-electron chi connectivity index (χ0n) is 8.37. The Balaban J connectivity index is 4.08. The first-order valence-corrected chi connectivity index (χ1v) is 4.83. The normalized spacial score (nSPS) is 12.1. The van der Waals surface area contributed by atoms with Gasteiger partial charge in [0.05, 0.1) is 0 Å². The van der Waals surface area contributed by atoms with E-state index in [-0.39, 0.29) is 18.2 Å². The summed E-state index contributed by atoms with van der Waals surface area (Å²) in [5.74, 6) is -0.146. The van der Waals surface area contributed by atoms with E-state index < -0.39 is 4.83 Å². The van der Waals surface area contributed by atoms with Crippen LogP contribution in [0.15, 0.2) is 0 Å². The van der Waals surface area contributed by atoms with Gasteiger partial charge in [-0.25, -0.2) is 0 Å². The van der Waals surface area contributed by atoms with Gasteiger partial charge in [0.25, 0.3) is 0 Å². The monoisotopic (exact) mass is 250 g/mol. The quantitative estimate of drug-likeness (QED) is 0.677. The maximum atomic E-state index is 11.3. The van der Waals surface area contributed by atoms with Crippen LogP contribution < -0.4 is 0 Å². The SMILES string of the molecule is CN(C)C(=O)CC(Br)C(=O)N(C)C. The van der Waals surface area contributed by atoms with E-state index in [0.29, 0.717) is 0 Å². The Hall–Kier alpha value is -0.580. The fourth-order valence-corrected chi connectivity index (χ4v) is 1.39. The molecule has 13 heavy (non-hydrogen) atoms. The summed E-state index contributed by atoms with van der Waals surface area (Å²) in [5.41, 5.74) is 0. The minimum absolute atomic E-state index is 0.0583. The first kappa shape index (κ1) is 12.4. The summed E-state index contributed by atoms with van der Waals surface area (Å²) in [4.78, 5) is 25.0. The molecule has 1 unspecified atom stereocenters. The first-order chi connectivity index (χ1) is 5.86. The third-order valence-corrected chi connectivity index (χ3v) is 2.28. The molecule has 0 N–H and O–H groups in total. The zero-order chi connectivity index (χ0) is 10.6. The molecule has 0 fully saturated rings. The molecule has 76 valence electrons. The Morgan fingerprint density at radius 3 is 1.92 bits per heavy atom. The number of carbonyl (C=O) groups is 2. The van der Waals surface area contributed by atoms with E-state index in [1.165, 1.54) is 9.80 Å². The Morgan fingerprint density at radius 1 is 1.15 bits per heavy atom. The summed E-state index contributed by atoms with van der Waals surface area (Å²) in [6.45, 7) is 0. The minimum atomic E-state index is -0.419. The predicted molar refractivity (Wildman–Crippen MR) is 54.7 cm³/mol. The van der Waals surface area contributed by atoms with E-state index >= 15 is 0 Å². The van der Waals surface area contributed by atoms with E-state index in [0.717, 1.165) is 0 Å². The van der Waals surface area contributed by atoms with Gasteiger partial charge in [0.2, 0.25) is 11.8 Å². The maximum absolute atomic E-state index is 11.3. The highest BCUT2D eigenvalue weighted by molar-refractivity contribution is 9.10. The van der Waals surface area contributed by atoms with Crippen LogP contribution in [0.2, 0.25) is 0 Å². The highest BCUT2D eigenvalue weighted by Gasteiger charge is 2.20. The lowest BCUT2D eigenvalue weighted by Gasteiger charge is -2.17. The third kappa shape index (κ3) is 4.26. The summed E-state index contributed by atoms with van der Waals surface area (Å²) in [7, 11) is 6.66. The molecule has 2 amide bonds. The van der Waals surface area contributed by atoms with E-state index in [2.05, 4.69) is 15.9 Å². The van der Waals surface area contributed by atoms with Gasteiger partial charge in [-0.2, -0.15) is 0 Å². The van der Waals surface area contributed by atoms with Crippen molar-refractivity contribution in [3.05, 3.63) is 0 Å². The van der Waals surface area contributed by atoms with E-state index in [9.17, 15) is 9.59 Å². The molecule has 0 aromatic carbocycles. The fraction of sp³-hybridized carbons (Fsp3) is 0.750. The van der Waals surface area contributed by atoms with Gasteiger partial charge in [0.15, 0.2) is 0 Å². The molecule has 0 rings (SSSR count). The number of alkyl halides is 1. The average Bonchev–Trinajstić information content (AvgIpc) is 2.02. The lowest BCUT2D eigenvalue weighted by Crippen LogP contribution is -2.34. The van der Waals surface area contributed by atoms with Crippen molar-refractivity contribution < 1.29 is 9.59 Å². The van der Waals surface area contributed by atoms with Gasteiger partial charge in [0.1, 0.15) is 4.83 Å². The Labute approximate surface area is 87.0 Å². The fourth-order valence-electron chi connectivity index (χ4n) is 0.703. The molecule has 4 nitrogen and oxygen atoms in total. The second kappa shape index (κ2) is 5.21. The number of halogens is 1. The van der Waals surface area contributed by atoms with Crippen molar-refractivity contribution in [2.24, 2.45) is 0 Å². The highest BCUT2D eigenvalue weighted by atomic mass is 79.9. The van der Waals surface area contributed by atoms with Crippen LogP contribution in [0.4, 0.5) is 0 Å². The van der Waals surface area contributed by atoms with Crippen molar-refractivity contribution in [2.75, 3.05) is 28.2 Å². The smallest absolute Gasteiger partial charge is 0.236 e. The molecular weight excluding hydrogens is 236 g/mol. The van der Waals surface area contributed by atoms with Crippen molar-refractivity contribution >= 4 is 27.7 Å². The van der Waals surface area contributed by atoms with Crippen LogP contribution in [-0.4, -0.2) is 54.6 Å². The molecule has 0 aliphatic carbocycles. The second-order valence-electron chi connectivity index (χ2n) is 3.19. The van der Waals surface area contributed by atoms with Gasteiger partial charge in [-0.1, -0.05) is 15.9 Å². The average molecular weight is 251 g/mol. The van der Waals surface area contributed by atoms with Gasteiger partial charge >= 0.3 is 0 Å². The van der Waals surface area contributed by atoms with Gasteiger partial charge in [-0.3, -0.25) is 9.59 Å². The van der Waals surface area contributed by atoms with Gasteiger partial charge in [0, 0.05) is 34.6 Å². The highest BCUT2D eigenvalue weighted by Crippen LogP contribution is 2.08. The van der Waals surface area contributed by atoms with E-state index in [1.807, 2.05) is 0 Å². The minimum Gasteiger partial charge on any atom is -0.349 e. The van der Waals surface area contributed by atoms with Crippen molar-refractivity contribution in [1.29, 1.82) is 0 Å². The topological polar surface area (TPSA) is 40.6 Å². The molecule has 0 saturated heterocycles. The largest absolute Gasteiger partial charge is 0.349 e. The molecule has 0 spiro atoms. The van der Waals surface area contributed by atoms with E-state index in [1.54, 1.807) is 28.2 Å². The Morgan fingerprint density at radius 2 is 1.62 bits per heavy atom. The molecule has 0 aromatic heterocycles. The van der Waals surface area contributed by atoms with Gasteiger partial charge in [-0.15, -0.1) is 0 Å². The molecule has 0 aliphatic rings. The first-order valence-electron chi connectivity index (χ1n) is 3.91. The number of carbonyl (C=O) groups excluding carboxylic acids is 2. The van der Waals surface area contributed by atoms with Crippen molar-refractivity contribution in [2.45, 2.75) is 11.2 Å². The molecule has 0 aromatic rings. The molecule has 5 heteroatoms. The molecule has 0 saturated carbocycles. The van der Waals surface area contributed by atoms with Crippen LogP contribution >= 0.6 is 15.9 Å². The lowest BCUT2D eigenvalue weighted by atomic mass is 10.2. The summed E-state index contributed by atoms with van der Waals surface area (Å²) in [6, 6.07) is 0. The van der Waals surface area contributed by atoms with Crippen LogP contribution in [-0.2, 0) is 9.59 Å². The summed E-state index contributed by atoms with van der Waals surface area (Å²) < 4.78 is 0. The number of amides is 2. The molecule has 0 bridgehead atoms. The van der Waals surface area contributed by atoms with Crippen molar-refractivity contribution in [3.63, 3.8) is 0 Å². The maximum Gasteiger partial charge on any atom is 0.236 e. The predicted octanol–water partition coefficient (Wildman–Crippen LogP) is 0.316. The second-order valence-corrected chi connectivity index (χ2v) is 4.30.